The van der Waals surface area contributed by atoms with Gasteiger partial charge in [-0.25, -0.2) is 13.1 Å². The molecule has 1 N–H and O–H groups in total. The van der Waals surface area contributed by atoms with Crippen LogP contribution in [0.1, 0.15) is 11.1 Å². The van der Waals surface area contributed by atoms with Crippen molar-refractivity contribution in [1.29, 1.82) is 0 Å². The first-order valence-electron chi connectivity index (χ1n) is 8.35. The average Bonchev–Trinajstić information content (AvgIpc) is 3.08. The molecule has 0 amide bonds. The molecule has 2 aromatic carbocycles. The van der Waals surface area contributed by atoms with Gasteiger partial charge in [-0.15, -0.1) is 0 Å². The van der Waals surface area contributed by atoms with Gasteiger partial charge in [-0.05, 0) is 36.8 Å². The van der Waals surface area contributed by atoms with Gasteiger partial charge < -0.3 is 5.32 Å². The third-order valence-corrected chi connectivity index (χ3v) is 6.51. The van der Waals surface area contributed by atoms with E-state index in [9.17, 15) is 8.42 Å². The summed E-state index contributed by atoms with van der Waals surface area (Å²) in [6.07, 6.45) is 0. The lowest BCUT2D eigenvalue weighted by atomic mass is 10.0. The number of para-hydroxylation sites is 1. The van der Waals surface area contributed by atoms with E-state index < -0.39 is 10.0 Å². The highest BCUT2D eigenvalue weighted by Gasteiger charge is 2.30. The number of aromatic nitrogens is 2. The van der Waals surface area contributed by atoms with Crippen molar-refractivity contribution in [3.05, 3.63) is 59.7 Å². The zero-order chi connectivity index (χ0) is 18.5. The van der Waals surface area contributed by atoms with Crippen LogP contribution in [0.3, 0.4) is 0 Å². The van der Waals surface area contributed by atoms with Gasteiger partial charge in [-0.2, -0.15) is 5.10 Å². The smallest absolute Gasteiger partial charge is 0.239 e. The molecule has 6 nitrogen and oxygen atoms in total. The largest absolute Gasteiger partial charge is 0.373 e. The Morgan fingerprint density at radius 2 is 1.85 bits per heavy atom. The molecule has 26 heavy (non-hydrogen) atoms. The fraction of sp³-hybridized carbons (Fsp3) is 0.211. The monoisotopic (exact) mass is 368 g/mol. The Kier molecular flexibility index (Phi) is 3.77. The minimum Gasteiger partial charge on any atom is -0.373 e. The Morgan fingerprint density at radius 1 is 1.12 bits per heavy atom. The van der Waals surface area contributed by atoms with Gasteiger partial charge >= 0.3 is 0 Å². The Bertz CT molecular complexity index is 1090. The van der Waals surface area contributed by atoms with Gasteiger partial charge in [0.15, 0.2) is 0 Å². The van der Waals surface area contributed by atoms with Gasteiger partial charge in [0.25, 0.3) is 0 Å². The van der Waals surface area contributed by atoms with Crippen molar-refractivity contribution in [2.24, 2.45) is 0 Å². The number of rotatable bonds is 3. The zero-order valence-corrected chi connectivity index (χ0v) is 15.7. The van der Waals surface area contributed by atoms with Crippen molar-refractivity contribution in [2.75, 3.05) is 23.7 Å². The average molecular weight is 368 g/mol. The van der Waals surface area contributed by atoms with E-state index in [4.69, 9.17) is 5.10 Å². The summed E-state index contributed by atoms with van der Waals surface area (Å²) in [5, 5.41) is 8.01. The minimum absolute atomic E-state index is 0.0317. The standard InChI is InChI=1S/C19H20N4O2S/c1-13-18(21-23(19(13)20-2)16-7-5-4-6-8-16)14-9-10-17-15(11-14)12-26(24,25)22(17)3/h4-11,20H,12H2,1-3H3. The van der Waals surface area contributed by atoms with E-state index in [1.54, 1.807) is 7.05 Å². The molecule has 4 rings (SSSR count). The molecule has 0 atom stereocenters. The van der Waals surface area contributed by atoms with Crippen LogP contribution in [0.4, 0.5) is 11.5 Å². The number of hydrogen-bond donors (Lipinski definition) is 1. The number of benzene rings is 2. The van der Waals surface area contributed by atoms with Crippen molar-refractivity contribution in [1.82, 2.24) is 9.78 Å². The molecule has 0 saturated carbocycles. The lowest BCUT2D eigenvalue weighted by molar-refractivity contribution is 0.596. The summed E-state index contributed by atoms with van der Waals surface area (Å²) < 4.78 is 27.5. The summed E-state index contributed by atoms with van der Waals surface area (Å²) in [5.74, 6) is 0.945. The van der Waals surface area contributed by atoms with Crippen molar-refractivity contribution < 1.29 is 8.42 Å². The second-order valence-electron chi connectivity index (χ2n) is 6.39. The Morgan fingerprint density at radius 3 is 2.54 bits per heavy atom. The van der Waals surface area contributed by atoms with Crippen LogP contribution in [0.2, 0.25) is 0 Å². The SMILES string of the molecule is CNc1c(C)c(-c2ccc3c(c2)CS(=O)(=O)N3C)nn1-c1ccccc1. The van der Waals surface area contributed by atoms with E-state index in [1.807, 2.05) is 67.2 Å². The maximum atomic E-state index is 12.1. The first-order chi connectivity index (χ1) is 12.4. The third-order valence-electron chi connectivity index (χ3n) is 4.81. The van der Waals surface area contributed by atoms with E-state index in [0.29, 0.717) is 0 Å². The summed E-state index contributed by atoms with van der Waals surface area (Å²) in [7, 11) is 0.217. The van der Waals surface area contributed by atoms with Crippen LogP contribution in [-0.4, -0.2) is 32.3 Å². The number of hydrogen-bond acceptors (Lipinski definition) is 4. The van der Waals surface area contributed by atoms with Crippen LogP contribution in [0.5, 0.6) is 0 Å². The lowest BCUT2D eigenvalue weighted by Gasteiger charge is -2.11. The van der Waals surface area contributed by atoms with Crippen molar-refractivity contribution in [2.45, 2.75) is 12.7 Å². The van der Waals surface area contributed by atoms with Gasteiger partial charge in [-0.3, -0.25) is 4.31 Å². The number of anilines is 2. The maximum absolute atomic E-state index is 12.1. The predicted octanol–water partition coefficient (Wildman–Crippen LogP) is 3.17. The van der Waals surface area contributed by atoms with Crippen LogP contribution in [0.25, 0.3) is 16.9 Å². The third kappa shape index (κ3) is 2.47. The molecule has 134 valence electrons. The fourth-order valence-electron chi connectivity index (χ4n) is 3.42. The molecule has 1 aliphatic heterocycles. The van der Waals surface area contributed by atoms with E-state index >= 15 is 0 Å². The highest BCUT2D eigenvalue weighted by Crippen LogP contribution is 2.37. The van der Waals surface area contributed by atoms with Crippen molar-refractivity contribution in [3.63, 3.8) is 0 Å². The molecule has 2 heterocycles. The first-order valence-corrected chi connectivity index (χ1v) is 9.96. The Balaban J connectivity index is 1.85. The van der Waals surface area contributed by atoms with Gasteiger partial charge in [0.05, 0.1) is 22.8 Å². The molecule has 0 bridgehead atoms. The van der Waals surface area contributed by atoms with Crippen LogP contribution in [0.15, 0.2) is 48.5 Å². The van der Waals surface area contributed by atoms with Crippen molar-refractivity contribution in [3.8, 4) is 16.9 Å². The van der Waals surface area contributed by atoms with Crippen molar-refractivity contribution >= 4 is 21.5 Å². The van der Waals surface area contributed by atoms with E-state index in [0.717, 1.165) is 39.6 Å². The highest BCUT2D eigenvalue weighted by atomic mass is 32.2. The fourth-order valence-corrected chi connectivity index (χ4v) is 4.71. The van der Waals surface area contributed by atoms with Crippen LogP contribution >= 0.6 is 0 Å². The molecule has 7 heteroatoms. The molecular formula is C19H20N4O2S. The predicted molar refractivity (Wildman–Crippen MR) is 104 cm³/mol. The topological polar surface area (TPSA) is 67.2 Å². The highest BCUT2D eigenvalue weighted by molar-refractivity contribution is 7.92. The molecule has 0 saturated heterocycles. The van der Waals surface area contributed by atoms with Crippen LogP contribution in [0, 0.1) is 6.92 Å². The second-order valence-corrected chi connectivity index (χ2v) is 8.39. The van der Waals surface area contributed by atoms with Gasteiger partial charge in [0.1, 0.15) is 5.82 Å². The summed E-state index contributed by atoms with van der Waals surface area (Å²) in [5.41, 5.74) is 5.29. The first kappa shape index (κ1) is 16.7. The van der Waals surface area contributed by atoms with E-state index in [2.05, 4.69) is 5.32 Å². The molecule has 0 unspecified atom stereocenters. The van der Waals surface area contributed by atoms with Gasteiger partial charge in [-0.1, -0.05) is 24.3 Å². The van der Waals surface area contributed by atoms with E-state index in [-0.39, 0.29) is 5.75 Å². The van der Waals surface area contributed by atoms with E-state index in [1.165, 1.54) is 4.31 Å². The summed E-state index contributed by atoms with van der Waals surface area (Å²) in [6.45, 7) is 2.02. The molecule has 1 aromatic heterocycles. The Labute approximate surface area is 153 Å². The number of fused-ring (bicyclic) bond motifs is 1. The summed E-state index contributed by atoms with van der Waals surface area (Å²) >= 11 is 0. The molecule has 0 spiro atoms. The zero-order valence-electron chi connectivity index (χ0n) is 14.9. The molecule has 0 fully saturated rings. The molecule has 1 aliphatic rings. The number of nitrogens with zero attached hydrogens (tertiary/aromatic N) is 3. The number of sulfonamides is 1. The van der Waals surface area contributed by atoms with Gasteiger partial charge in [0, 0.05) is 25.2 Å². The second kappa shape index (κ2) is 5.88. The quantitative estimate of drug-likeness (QED) is 0.771. The lowest BCUT2D eigenvalue weighted by Crippen LogP contribution is -2.20. The molecule has 0 radical (unpaired) electrons. The van der Waals surface area contributed by atoms with Crippen LogP contribution in [-0.2, 0) is 15.8 Å². The molecule has 3 aromatic rings. The van der Waals surface area contributed by atoms with Gasteiger partial charge in [0.2, 0.25) is 10.0 Å². The normalized spacial score (nSPS) is 15.1. The minimum atomic E-state index is -3.25. The summed E-state index contributed by atoms with van der Waals surface area (Å²) in [6, 6.07) is 15.6. The Hall–Kier alpha value is -2.80. The summed E-state index contributed by atoms with van der Waals surface area (Å²) in [4.78, 5) is 0. The maximum Gasteiger partial charge on any atom is 0.239 e. The number of nitrogens with one attached hydrogen (secondary N) is 1. The van der Waals surface area contributed by atoms with Crippen LogP contribution < -0.4 is 9.62 Å². The molecular weight excluding hydrogens is 348 g/mol. The molecule has 0 aliphatic carbocycles.